The van der Waals surface area contributed by atoms with E-state index in [9.17, 15) is 13.6 Å². The van der Waals surface area contributed by atoms with Crippen LogP contribution < -0.4 is 0 Å². The van der Waals surface area contributed by atoms with Crippen LogP contribution in [0.5, 0.6) is 0 Å². The monoisotopic (exact) mass is 205 g/mol. The average Bonchev–Trinajstić information content (AvgIpc) is 2.16. The molecule has 0 aromatic rings. The van der Waals surface area contributed by atoms with Gasteiger partial charge in [-0.25, -0.2) is 9.79 Å². The van der Waals surface area contributed by atoms with Crippen LogP contribution in [0.25, 0.3) is 0 Å². The molecule has 0 aromatic heterocycles. The Balaban J connectivity index is 2.20. The lowest BCUT2D eigenvalue weighted by molar-refractivity contribution is -0.171. The van der Waals surface area contributed by atoms with Gasteiger partial charge in [0.25, 0.3) is 0 Å². The van der Waals surface area contributed by atoms with Crippen molar-refractivity contribution in [2.75, 3.05) is 6.54 Å². The summed E-state index contributed by atoms with van der Waals surface area (Å²) in [6, 6.07) is 0. The fourth-order valence-electron chi connectivity index (χ4n) is 1.76. The standard InChI is InChI=1S/C9H13F2NO2/c10-9(11)14-8-3-1-7(2-4-8)5-12-6-13/h7-9H,1-5H2. The second-order valence-corrected chi connectivity index (χ2v) is 3.47. The van der Waals surface area contributed by atoms with E-state index in [2.05, 4.69) is 9.73 Å². The smallest absolute Gasteiger partial charge is 0.320 e. The third kappa shape index (κ3) is 3.94. The first-order valence-corrected chi connectivity index (χ1v) is 4.69. The van der Waals surface area contributed by atoms with Gasteiger partial charge in [0.1, 0.15) is 0 Å². The highest BCUT2D eigenvalue weighted by molar-refractivity contribution is 5.32. The van der Waals surface area contributed by atoms with E-state index in [1.54, 1.807) is 0 Å². The van der Waals surface area contributed by atoms with Crippen molar-refractivity contribution >= 4 is 6.08 Å². The molecule has 0 N–H and O–H groups in total. The van der Waals surface area contributed by atoms with E-state index in [1.807, 2.05) is 0 Å². The minimum Gasteiger partial charge on any atom is -0.320 e. The molecule has 14 heavy (non-hydrogen) atoms. The number of nitrogens with zero attached hydrogens (tertiary/aromatic N) is 1. The van der Waals surface area contributed by atoms with Crippen LogP contribution in [0.4, 0.5) is 8.78 Å². The van der Waals surface area contributed by atoms with E-state index < -0.39 is 6.61 Å². The van der Waals surface area contributed by atoms with Crippen LogP contribution in [-0.4, -0.2) is 25.3 Å². The summed E-state index contributed by atoms with van der Waals surface area (Å²) in [5.74, 6) is 0.328. The first kappa shape index (κ1) is 11.3. The average molecular weight is 205 g/mol. The summed E-state index contributed by atoms with van der Waals surface area (Å²) in [5.41, 5.74) is 0. The van der Waals surface area contributed by atoms with Crippen LogP contribution in [0.2, 0.25) is 0 Å². The second-order valence-electron chi connectivity index (χ2n) is 3.47. The third-order valence-corrected chi connectivity index (χ3v) is 2.50. The molecule has 0 atom stereocenters. The quantitative estimate of drug-likeness (QED) is 0.521. The van der Waals surface area contributed by atoms with E-state index in [0.717, 1.165) is 12.8 Å². The Morgan fingerprint density at radius 2 is 2.00 bits per heavy atom. The van der Waals surface area contributed by atoms with E-state index >= 15 is 0 Å². The van der Waals surface area contributed by atoms with Gasteiger partial charge in [0.2, 0.25) is 6.08 Å². The molecule has 0 unspecified atom stereocenters. The fraction of sp³-hybridized carbons (Fsp3) is 0.889. The molecule has 80 valence electrons. The number of hydrogen-bond acceptors (Lipinski definition) is 3. The number of isocyanates is 1. The Labute approximate surface area is 81.2 Å². The van der Waals surface area contributed by atoms with Crippen molar-refractivity contribution in [3.05, 3.63) is 0 Å². The molecule has 1 fully saturated rings. The summed E-state index contributed by atoms with van der Waals surface area (Å²) in [4.78, 5) is 13.3. The van der Waals surface area contributed by atoms with Gasteiger partial charge in [0.05, 0.1) is 12.6 Å². The fourth-order valence-corrected chi connectivity index (χ4v) is 1.76. The summed E-state index contributed by atoms with van der Waals surface area (Å²) in [5, 5.41) is 0. The summed E-state index contributed by atoms with van der Waals surface area (Å²) in [6.45, 7) is -2.21. The molecule has 0 heterocycles. The molecule has 0 bridgehead atoms. The number of aliphatic imine (C=N–C) groups is 1. The van der Waals surface area contributed by atoms with Gasteiger partial charge in [-0.15, -0.1) is 0 Å². The molecule has 0 aliphatic heterocycles. The van der Waals surface area contributed by atoms with Crippen LogP contribution >= 0.6 is 0 Å². The van der Waals surface area contributed by atoms with Crippen LogP contribution in [0.1, 0.15) is 25.7 Å². The lowest BCUT2D eigenvalue weighted by atomic mass is 9.87. The van der Waals surface area contributed by atoms with Crippen LogP contribution in [-0.2, 0) is 9.53 Å². The van der Waals surface area contributed by atoms with Crippen molar-refractivity contribution in [1.82, 2.24) is 0 Å². The number of rotatable bonds is 4. The topological polar surface area (TPSA) is 38.7 Å². The Kier molecular flexibility index (Phi) is 4.70. The SMILES string of the molecule is O=C=NCC1CCC(OC(F)F)CC1. The van der Waals surface area contributed by atoms with Gasteiger partial charge < -0.3 is 4.74 Å². The molecule has 0 radical (unpaired) electrons. The maximum atomic E-state index is 11.8. The first-order chi connectivity index (χ1) is 6.72. The molecule has 5 heteroatoms. The van der Waals surface area contributed by atoms with Crippen molar-refractivity contribution in [2.45, 2.75) is 38.4 Å². The number of ether oxygens (including phenoxy) is 1. The van der Waals surface area contributed by atoms with Crippen molar-refractivity contribution < 1.29 is 18.3 Å². The van der Waals surface area contributed by atoms with E-state index in [4.69, 9.17) is 0 Å². The molecule has 0 aromatic carbocycles. The maximum Gasteiger partial charge on any atom is 0.345 e. The van der Waals surface area contributed by atoms with Crippen molar-refractivity contribution in [1.29, 1.82) is 0 Å². The van der Waals surface area contributed by atoms with Crippen molar-refractivity contribution in [3.8, 4) is 0 Å². The second kappa shape index (κ2) is 5.83. The zero-order chi connectivity index (χ0) is 10.4. The lowest BCUT2D eigenvalue weighted by Gasteiger charge is -2.26. The Hall–Kier alpha value is -0.800. The van der Waals surface area contributed by atoms with Crippen LogP contribution in [0, 0.1) is 5.92 Å². The molecule has 0 spiro atoms. The Bertz CT molecular complexity index is 209. The molecule has 1 rings (SSSR count). The zero-order valence-electron chi connectivity index (χ0n) is 7.79. The van der Waals surface area contributed by atoms with Gasteiger partial charge in [-0.05, 0) is 31.6 Å². The summed E-state index contributed by atoms with van der Waals surface area (Å²) >= 11 is 0. The summed E-state index contributed by atoms with van der Waals surface area (Å²) < 4.78 is 28.1. The molecule has 1 aliphatic carbocycles. The number of hydrogen-bond donors (Lipinski definition) is 0. The highest BCUT2D eigenvalue weighted by Crippen LogP contribution is 2.27. The van der Waals surface area contributed by atoms with Gasteiger partial charge >= 0.3 is 6.61 Å². The highest BCUT2D eigenvalue weighted by atomic mass is 19.3. The minimum absolute atomic E-state index is 0.327. The van der Waals surface area contributed by atoms with Crippen LogP contribution in [0.15, 0.2) is 4.99 Å². The Morgan fingerprint density at radius 1 is 1.36 bits per heavy atom. The largest absolute Gasteiger partial charge is 0.345 e. The number of carbonyl (C=O) groups excluding carboxylic acids is 1. The number of alkyl halides is 2. The van der Waals surface area contributed by atoms with E-state index in [-0.39, 0.29) is 6.10 Å². The summed E-state index contributed by atoms with van der Waals surface area (Å²) in [6.07, 6.45) is 4.00. The molecule has 1 aliphatic rings. The van der Waals surface area contributed by atoms with Gasteiger partial charge in [0, 0.05) is 0 Å². The molecule has 3 nitrogen and oxygen atoms in total. The van der Waals surface area contributed by atoms with E-state index in [1.165, 1.54) is 6.08 Å². The van der Waals surface area contributed by atoms with Gasteiger partial charge in [-0.2, -0.15) is 8.78 Å². The number of halogens is 2. The highest BCUT2D eigenvalue weighted by Gasteiger charge is 2.23. The molecule has 1 saturated carbocycles. The molecular weight excluding hydrogens is 192 g/mol. The first-order valence-electron chi connectivity index (χ1n) is 4.69. The summed E-state index contributed by atoms with van der Waals surface area (Å²) in [7, 11) is 0. The zero-order valence-corrected chi connectivity index (χ0v) is 7.79. The molecular formula is C9H13F2NO2. The lowest BCUT2D eigenvalue weighted by Crippen LogP contribution is -2.24. The van der Waals surface area contributed by atoms with Crippen molar-refractivity contribution in [3.63, 3.8) is 0 Å². The van der Waals surface area contributed by atoms with E-state index in [0.29, 0.717) is 25.3 Å². The molecule has 0 amide bonds. The third-order valence-electron chi connectivity index (χ3n) is 2.50. The van der Waals surface area contributed by atoms with Gasteiger partial charge in [-0.1, -0.05) is 0 Å². The van der Waals surface area contributed by atoms with Gasteiger partial charge in [0.15, 0.2) is 0 Å². The molecule has 0 saturated heterocycles. The normalized spacial score (nSPS) is 27.4. The van der Waals surface area contributed by atoms with Gasteiger partial charge in [-0.3, -0.25) is 0 Å². The van der Waals surface area contributed by atoms with Crippen molar-refractivity contribution in [2.24, 2.45) is 10.9 Å². The predicted octanol–water partition coefficient (Wildman–Crippen LogP) is 2.12. The predicted molar refractivity (Wildman–Crippen MR) is 45.8 cm³/mol. The minimum atomic E-state index is -2.68. The Morgan fingerprint density at radius 3 is 2.50 bits per heavy atom. The van der Waals surface area contributed by atoms with Crippen LogP contribution in [0.3, 0.4) is 0 Å². The maximum absolute atomic E-state index is 11.8.